The van der Waals surface area contributed by atoms with E-state index in [1.807, 2.05) is 0 Å². The zero-order chi connectivity index (χ0) is 10.9. The summed E-state index contributed by atoms with van der Waals surface area (Å²) in [6.45, 7) is 3.69. The molecule has 4 heteroatoms. The number of hydrogen-bond acceptors (Lipinski definition) is 2. The highest BCUT2D eigenvalue weighted by atomic mass is 16.4. The summed E-state index contributed by atoms with van der Waals surface area (Å²) in [4.78, 5) is 22.2. The van der Waals surface area contributed by atoms with Gasteiger partial charge in [0.15, 0.2) is 0 Å². The minimum atomic E-state index is -0.921. The van der Waals surface area contributed by atoms with Gasteiger partial charge in [0, 0.05) is 0 Å². The van der Waals surface area contributed by atoms with E-state index in [0.29, 0.717) is 0 Å². The van der Waals surface area contributed by atoms with E-state index < -0.39 is 23.2 Å². The third-order valence-electron chi connectivity index (χ3n) is 2.74. The van der Waals surface area contributed by atoms with Crippen LogP contribution in [0.3, 0.4) is 0 Å². The van der Waals surface area contributed by atoms with E-state index in [2.05, 4.69) is 11.2 Å². The first-order valence-corrected chi connectivity index (χ1v) is 4.37. The number of carboxylic acid groups (broad SMARTS) is 1. The molecule has 0 bridgehead atoms. The number of terminal acetylenes is 1. The molecule has 2 atom stereocenters. The zero-order valence-electron chi connectivity index (χ0n) is 8.20. The molecule has 4 nitrogen and oxygen atoms in total. The van der Waals surface area contributed by atoms with Crippen LogP contribution in [0.4, 0.5) is 0 Å². The van der Waals surface area contributed by atoms with Crippen molar-refractivity contribution < 1.29 is 14.7 Å². The lowest BCUT2D eigenvalue weighted by Crippen LogP contribution is -2.27. The van der Waals surface area contributed by atoms with Gasteiger partial charge in [-0.05, 0) is 5.41 Å². The monoisotopic (exact) mass is 195 g/mol. The molecule has 0 spiro atoms. The van der Waals surface area contributed by atoms with Crippen molar-refractivity contribution in [1.82, 2.24) is 5.32 Å². The maximum atomic E-state index is 11.4. The summed E-state index contributed by atoms with van der Waals surface area (Å²) in [6, 6.07) is 0. The Balaban J connectivity index is 2.60. The predicted octanol–water partition coefficient (Wildman–Crippen LogP) is 0.0926. The van der Waals surface area contributed by atoms with Crippen molar-refractivity contribution in [2.75, 3.05) is 6.54 Å². The van der Waals surface area contributed by atoms with E-state index in [4.69, 9.17) is 11.5 Å². The molecule has 2 unspecified atom stereocenters. The SMILES string of the molecule is C#CCNC(=O)C1C(C(=O)O)C1(C)C. The van der Waals surface area contributed by atoms with Crippen LogP contribution in [0, 0.1) is 29.6 Å². The van der Waals surface area contributed by atoms with Crippen LogP contribution in [0.25, 0.3) is 0 Å². The van der Waals surface area contributed by atoms with Gasteiger partial charge in [-0.25, -0.2) is 0 Å². The van der Waals surface area contributed by atoms with E-state index >= 15 is 0 Å². The van der Waals surface area contributed by atoms with Crippen LogP contribution in [-0.2, 0) is 9.59 Å². The van der Waals surface area contributed by atoms with Crippen molar-refractivity contribution in [1.29, 1.82) is 0 Å². The van der Waals surface area contributed by atoms with Gasteiger partial charge in [0.1, 0.15) is 0 Å². The normalized spacial score (nSPS) is 27.5. The summed E-state index contributed by atoms with van der Waals surface area (Å²) in [7, 11) is 0. The van der Waals surface area contributed by atoms with Gasteiger partial charge < -0.3 is 10.4 Å². The largest absolute Gasteiger partial charge is 0.481 e. The first-order valence-electron chi connectivity index (χ1n) is 4.37. The summed E-state index contributed by atoms with van der Waals surface area (Å²) in [5.74, 6) is 0.0555. The van der Waals surface area contributed by atoms with Crippen LogP contribution in [0.1, 0.15) is 13.8 Å². The molecule has 1 saturated carbocycles. The van der Waals surface area contributed by atoms with Gasteiger partial charge in [-0.15, -0.1) is 6.42 Å². The Hall–Kier alpha value is -1.50. The summed E-state index contributed by atoms with van der Waals surface area (Å²) >= 11 is 0. The van der Waals surface area contributed by atoms with Crippen molar-refractivity contribution in [3.63, 3.8) is 0 Å². The molecule has 0 aliphatic heterocycles. The van der Waals surface area contributed by atoms with Gasteiger partial charge in [-0.2, -0.15) is 0 Å². The summed E-state index contributed by atoms with van der Waals surface area (Å²) in [6.07, 6.45) is 4.98. The Labute approximate surface area is 82.7 Å². The van der Waals surface area contributed by atoms with Gasteiger partial charge in [-0.3, -0.25) is 9.59 Å². The minimum Gasteiger partial charge on any atom is -0.481 e. The summed E-state index contributed by atoms with van der Waals surface area (Å²) in [5, 5.41) is 11.3. The second-order valence-corrected chi connectivity index (χ2v) is 4.04. The lowest BCUT2D eigenvalue weighted by atomic mass is 10.1. The van der Waals surface area contributed by atoms with Gasteiger partial charge >= 0.3 is 5.97 Å². The van der Waals surface area contributed by atoms with Crippen molar-refractivity contribution >= 4 is 11.9 Å². The van der Waals surface area contributed by atoms with Crippen LogP contribution in [0.15, 0.2) is 0 Å². The lowest BCUT2D eigenvalue weighted by molar-refractivity contribution is -0.140. The molecule has 0 heterocycles. The Morgan fingerprint density at radius 3 is 2.43 bits per heavy atom. The van der Waals surface area contributed by atoms with E-state index in [1.54, 1.807) is 13.8 Å². The molecule has 1 aliphatic carbocycles. The summed E-state index contributed by atoms with van der Waals surface area (Å²) < 4.78 is 0. The van der Waals surface area contributed by atoms with Crippen LogP contribution >= 0.6 is 0 Å². The first kappa shape index (κ1) is 10.6. The maximum Gasteiger partial charge on any atom is 0.307 e. The van der Waals surface area contributed by atoms with E-state index in [0.717, 1.165) is 0 Å². The Morgan fingerprint density at radius 2 is 2.07 bits per heavy atom. The van der Waals surface area contributed by atoms with Crippen molar-refractivity contribution in [2.24, 2.45) is 17.3 Å². The van der Waals surface area contributed by atoms with Gasteiger partial charge in [0.05, 0.1) is 18.4 Å². The lowest BCUT2D eigenvalue weighted by Gasteiger charge is -2.01. The number of aliphatic carboxylic acids is 1. The van der Waals surface area contributed by atoms with Crippen molar-refractivity contribution in [2.45, 2.75) is 13.8 Å². The number of carboxylic acids is 1. The number of carbonyl (C=O) groups excluding carboxylic acids is 1. The highest BCUT2D eigenvalue weighted by molar-refractivity contribution is 5.91. The second kappa shape index (κ2) is 3.33. The fraction of sp³-hybridized carbons (Fsp3) is 0.600. The van der Waals surface area contributed by atoms with Crippen LogP contribution in [-0.4, -0.2) is 23.5 Å². The standard InChI is InChI=1S/C10H13NO3/c1-4-5-11-8(12)6-7(9(13)14)10(6,2)3/h1,6-7H,5H2,2-3H3,(H,11,12)(H,13,14). The van der Waals surface area contributed by atoms with E-state index in [1.165, 1.54) is 0 Å². The fourth-order valence-corrected chi connectivity index (χ4v) is 1.84. The molecule has 0 aromatic heterocycles. The fourth-order valence-electron chi connectivity index (χ4n) is 1.84. The van der Waals surface area contributed by atoms with Crippen LogP contribution in [0.5, 0.6) is 0 Å². The molecule has 2 N–H and O–H groups in total. The topological polar surface area (TPSA) is 66.4 Å². The molecule has 0 aromatic carbocycles. The Kier molecular flexibility index (Phi) is 2.52. The average Bonchev–Trinajstić information content (AvgIpc) is 2.65. The zero-order valence-corrected chi connectivity index (χ0v) is 8.20. The number of carbonyl (C=O) groups is 2. The first-order chi connectivity index (χ1) is 6.42. The third kappa shape index (κ3) is 1.58. The number of nitrogens with one attached hydrogen (secondary N) is 1. The molecular weight excluding hydrogens is 182 g/mol. The van der Waals surface area contributed by atoms with Crippen molar-refractivity contribution in [3.8, 4) is 12.3 Å². The molecule has 0 saturated heterocycles. The van der Waals surface area contributed by atoms with Gasteiger partial charge in [0.2, 0.25) is 5.91 Å². The van der Waals surface area contributed by atoms with Gasteiger partial charge in [-0.1, -0.05) is 19.8 Å². The van der Waals surface area contributed by atoms with Crippen LogP contribution < -0.4 is 5.32 Å². The maximum absolute atomic E-state index is 11.4. The Bertz CT molecular complexity index is 314. The molecule has 0 radical (unpaired) electrons. The quantitative estimate of drug-likeness (QED) is 0.627. The van der Waals surface area contributed by atoms with Crippen LogP contribution in [0.2, 0.25) is 0 Å². The molecule has 0 aromatic rings. The number of hydrogen-bond donors (Lipinski definition) is 2. The second-order valence-electron chi connectivity index (χ2n) is 4.04. The van der Waals surface area contributed by atoms with Gasteiger partial charge in [0.25, 0.3) is 0 Å². The molecule has 1 aliphatic rings. The molecule has 1 rings (SSSR count). The number of rotatable bonds is 3. The van der Waals surface area contributed by atoms with E-state index in [-0.39, 0.29) is 12.5 Å². The van der Waals surface area contributed by atoms with E-state index in [9.17, 15) is 9.59 Å². The number of amides is 1. The smallest absolute Gasteiger partial charge is 0.307 e. The predicted molar refractivity (Wildman–Crippen MR) is 50.2 cm³/mol. The highest BCUT2D eigenvalue weighted by Gasteiger charge is 2.65. The highest BCUT2D eigenvalue weighted by Crippen LogP contribution is 2.58. The molecule has 14 heavy (non-hydrogen) atoms. The Morgan fingerprint density at radius 1 is 1.50 bits per heavy atom. The minimum absolute atomic E-state index is 0.151. The molecule has 1 amide bonds. The average molecular weight is 195 g/mol. The molecular formula is C10H13NO3. The molecule has 76 valence electrons. The van der Waals surface area contributed by atoms with Crippen molar-refractivity contribution in [3.05, 3.63) is 0 Å². The third-order valence-corrected chi connectivity index (χ3v) is 2.74. The molecule has 1 fully saturated rings. The summed E-state index contributed by atoms with van der Waals surface area (Å²) in [5.41, 5.74) is -0.454.